The topological polar surface area (TPSA) is 3.88 Å². The van der Waals surface area contributed by atoms with Crippen LogP contribution in [0.25, 0.3) is 22.4 Å². The highest BCUT2D eigenvalue weighted by Crippen LogP contribution is 2.55. The molecule has 6 rings (SSSR count). The van der Waals surface area contributed by atoms with E-state index >= 15 is 0 Å². The van der Waals surface area contributed by atoms with Gasteiger partial charge >= 0.3 is 0 Å². The molecule has 0 radical (unpaired) electrons. The van der Waals surface area contributed by atoms with Crippen molar-refractivity contribution < 1.29 is 4.57 Å². The van der Waals surface area contributed by atoms with E-state index in [0.29, 0.717) is 16.7 Å². The summed E-state index contributed by atoms with van der Waals surface area (Å²) in [5, 5.41) is 0. The average molecular weight is 479 g/mol. The summed E-state index contributed by atoms with van der Waals surface area (Å²) in [7, 11) is 2.25. The van der Waals surface area contributed by atoms with Crippen LogP contribution in [-0.4, -0.2) is 0 Å². The number of nitrogens with zero attached hydrogens (tertiary/aromatic N) is 1. The van der Waals surface area contributed by atoms with Crippen molar-refractivity contribution in [3.05, 3.63) is 76.0 Å². The van der Waals surface area contributed by atoms with Gasteiger partial charge in [0.15, 0.2) is 6.20 Å². The second-order valence-corrected chi connectivity index (χ2v) is 13.4. The van der Waals surface area contributed by atoms with Gasteiger partial charge in [0.05, 0.1) is 5.56 Å². The van der Waals surface area contributed by atoms with Gasteiger partial charge in [-0.15, -0.1) is 0 Å². The third-order valence-corrected chi connectivity index (χ3v) is 10.5. The zero-order valence-corrected chi connectivity index (χ0v) is 23.4. The lowest BCUT2D eigenvalue weighted by Gasteiger charge is -2.47. The molecule has 2 aromatic carbocycles. The number of rotatable bonds is 2. The summed E-state index contributed by atoms with van der Waals surface area (Å²) >= 11 is 0. The molecule has 2 fully saturated rings. The molecule has 3 aliphatic rings. The third-order valence-electron chi connectivity index (χ3n) is 10.5. The fourth-order valence-electron chi connectivity index (χ4n) is 7.91. The van der Waals surface area contributed by atoms with E-state index in [1.807, 2.05) is 0 Å². The summed E-state index contributed by atoms with van der Waals surface area (Å²) in [5.74, 6) is 0.710. The standard InChI is InChI=1S/C35H44N/c1-23-8-7-9-27-28-11-10-24(2)33(31(28)20-30(23)27)32-21-29(25(3)22-36(32)6)26-12-14-35(15-13-26)18-16-34(4,5)17-19-35/h7-11,21-22,26H,12-20H2,1-6H3/q+1. The summed E-state index contributed by atoms with van der Waals surface area (Å²) in [4.78, 5) is 0. The van der Waals surface area contributed by atoms with E-state index in [4.69, 9.17) is 0 Å². The Hall–Kier alpha value is -2.41. The van der Waals surface area contributed by atoms with Crippen LogP contribution < -0.4 is 4.57 Å². The Kier molecular flexibility index (Phi) is 5.71. The monoisotopic (exact) mass is 478 g/mol. The molecule has 0 atom stereocenters. The van der Waals surface area contributed by atoms with Crippen molar-refractivity contribution in [2.45, 2.75) is 98.3 Å². The van der Waals surface area contributed by atoms with Crippen LogP contribution in [0.15, 0.2) is 42.6 Å². The molecular weight excluding hydrogens is 434 g/mol. The third kappa shape index (κ3) is 3.94. The zero-order valence-electron chi connectivity index (χ0n) is 23.4. The predicted octanol–water partition coefficient (Wildman–Crippen LogP) is 8.92. The van der Waals surface area contributed by atoms with Gasteiger partial charge in [-0.25, -0.2) is 4.57 Å². The van der Waals surface area contributed by atoms with Crippen molar-refractivity contribution in [3.63, 3.8) is 0 Å². The van der Waals surface area contributed by atoms with Crippen molar-refractivity contribution in [1.29, 1.82) is 0 Å². The fraction of sp³-hybridized carbons (Fsp3) is 0.514. The van der Waals surface area contributed by atoms with E-state index in [2.05, 4.69) is 88.8 Å². The highest BCUT2D eigenvalue weighted by Gasteiger charge is 2.41. The van der Waals surface area contributed by atoms with Gasteiger partial charge in [-0.1, -0.05) is 44.2 Å². The molecule has 1 heteroatoms. The Morgan fingerprint density at radius 1 is 0.750 bits per heavy atom. The van der Waals surface area contributed by atoms with Crippen LogP contribution in [0, 0.1) is 31.6 Å². The van der Waals surface area contributed by atoms with Crippen molar-refractivity contribution >= 4 is 0 Å². The molecule has 1 aromatic heterocycles. The summed E-state index contributed by atoms with van der Waals surface area (Å²) in [5.41, 5.74) is 15.9. The predicted molar refractivity (Wildman–Crippen MR) is 151 cm³/mol. The lowest BCUT2D eigenvalue weighted by Crippen LogP contribution is -2.35. The molecule has 0 N–H and O–H groups in total. The van der Waals surface area contributed by atoms with Gasteiger partial charge in [-0.2, -0.15) is 0 Å². The van der Waals surface area contributed by atoms with Gasteiger partial charge in [0.25, 0.3) is 0 Å². The normalized spacial score (nSPS) is 20.4. The number of benzene rings is 2. The number of hydrogen-bond donors (Lipinski definition) is 0. The minimum absolute atomic E-state index is 0.563. The summed E-state index contributed by atoms with van der Waals surface area (Å²) < 4.78 is 2.39. The van der Waals surface area contributed by atoms with Crippen molar-refractivity contribution in [1.82, 2.24) is 0 Å². The lowest BCUT2D eigenvalue weighted by atomic mass is 9.58. The minimum atomic E-state index is 0.563. The van der Waals surface area contributed by atoms with E-state index in [1.54, 1.807) is 5.56 Å². The lowest BCUT2D eigenvalue weighted by molar-refractivity contribution is -0.660. The molecule has 188 valence electrons. The number of hydrogen-bond acceptors (Lipinski definition) is 0. The molecule has 3 aromatic rings. The molecule has 0 bridgehead atoms. The Morgan fingerprint density at radius 2 is 1.44 bits per heavy atom. The van der Waals surface area contributed by atoms with Crippen LogP contribution in [0.1, 0.15) is 105 Å². The maximum atomic E-state index is 2.58. The van der Waals surface area contributed by atoms with E-state index in [1.165, 1.54) is 102 Å². The smallest absolute Gasteiger partial charge is 0.201 e. The maximum Gasteiger partial charge on any atom is 0.213 e. The Balaban J connectivity index is 1.34. The number of aromatic nitrogens is 1. The molecule has 36 heavy (non-hydrogen) atoms. The summed E-state index contributed by atoms with van der Waals surface area (Å²) in [6.07, 6.45) is 14.8. The Bertz CT molecular complexity index is 1320. The van der Waals surface area contributed by atoms with Gasteiger partial charge in [0.1, 0.15) is 7.05 Å². The number of fused-ring (bicyclic) bond motifs is 3. The molecule has 3 aliphatic carbocycles. The van der Waals surface area contributed by atoms with Crippen molar-refractivity contribution in [3.8, 4) is 22.4 Å². The van der Waals surface area contributed by atoms with E-state index in [0.717, 1.165) is 6.42 Å². The maximum absolute atomic E-state index is 2.58. The van der Waals surface area contributed by atoms with Gasteiger partial charge in [-0.3, -0.25) is 0 Å². The summed E-state index contributed by atoms with van der Waals surface area (Å²) in [6, 6.07) is 14.1. The molecule has 0 unspecified atom stereocenters. The molecule has 0 saturated heterocycles. The van der Waals surface area contributed by atoms with E-state index < -0.39 is 0 Å². The van der Waals surface area contributed by atoms with Gasteiger partial charge in [0.2, 0.25) is 5.69 Å². The van der Waals surface area contributed by atoms with Gasteiger partial charge in [-0.05, 0) is 134 Å². The second-order valence-electron chi connectivity index (χ2n) is 13.4. The molecule has 0 amide bonds. The van der Waals surface area contributed by atoms with Crippen LogP contribution in [0.5, 0.6) is 0 Å². The van der Waals surface area contributed by atoms with Crippen LogP contribution >= 0.6 is 0 Å². The minimum Gasteiger partial charge on any atom is -0.201 e. The molecule has 0 aliphatic heterocycles. The van der Waals surface area contributed by atoms with Crippen LogP contribution in [0.2, 0.25) is 0 Å². The van der Waals surface area contributed by atoms with Crippen LogP contribution in [0.4, 0.5) is 0 Å². The SMILES string of the molecule is Cc1c[n+](C)c(-c2c(C)ccc3c2Cc2c(C)cccc2-3)cc1C1CCC2(CC1)CCC(C)(C)CC2. The van der Waals surface area contributed by atoms with E-state index in [-0.39, 0.29) is 0 Å². The van der Waals surface area contributed by atoms with E-state index in [9.17, 15) is 0 Å². The Morgan fingerprint density at radius 3 is 2.17 bits per heavy atom. The van der Waals surface area contributed by atoms with Crippen LogP contribution in [-0.2, 0) is 13.5 Å². The van der Waals surface area contributed by atoms with Gasteiger partial charge in [0, 0.05) is 11.6 Å². The first-order valence-electron chi connectivity index (χ1n) is 14.4. The quantitative estimate of drug-likeness (QED) is 0.253. The second kappa shape index (κ2) is 8.57. The molecule has 2 saturated carbocycles. The highest BCUT2D eigenvalue weighted by atomic mass is 14.9. The molecule has 1 heterocycles. The highest BCUT2D eigenvalue weighted by molar-refractivity contribution is 5.85. The van der Waals surface area contributed by atoms with Crippen molar-refractivity contribution in [2.75, 3.05) is 0 Å². The van der Waals surface area contributed by atoms with Crippen molar-refractivity contribution in [2.24, 2.45) is 17.9 Å². The first-order valence-corrected chi connectivity index (χ1v) is 14.4. The number of aryl methyl sites for hydroxylation is 4. The first kappa shape index (κ1) is 24.0. The average Bonchev–Trinajstić information content (AvgIpc) is 3.23. The zero-order chi connectivity index (χ0) is 25.2. The molecular formula is C35H44N+. The summed E-state index contributed by atoms with van der Waals surface area (Å²) in [6.45, 7) is 11.9. The van der Waals surface area contributed by atoms with Gasteiger partial charge < -0.3 is 0 Å². The number of pyridine rings is 1. The molecule has 1 nitrogen and oxygen atoms in total. The largest absolute Gasteiger partial charge is 0.213 e. The van der Waals surface area contributed by atoms with Crippen LogP contribution in [0.3, 0.4) is 0 Å². The Labute approximate surface area is 219 Å². The molecule has 1 spiro atoms. The fourth-order valence-corrected chi connectivity index (χ4v) is 7.91. The first-order chi connectivity index (χ1) is 17.2.